The lowest BCUT2D eigenvalue weighted by Crippen LogP contribution is -2.50. The lowest BCUT2D eigenvalue weighted by Gasteiger charge is -2.25. The predicted molar refractivity (Wildman–Crippen MR) is 81.1 cm³/mol. The fraction of sp³-hybridized carbons (Fsp3) is 0.727. The van der Waals surface area contributed by atoms with Crippen LogP contribution in [0.5, 0.6) is 0 Å². The number of nitrogens with two attached hydrogens (primary N) is 4. The number of hydrogen-bond acceptors (Lipinski definition) is 7. The van der Waals surface area contributed by atoms with Crippen molar-refractivity contribution < 1.29 is 14.6 Å². The highest BCUT2D eigenvalue weighted by atomic mass is 16.7. The number of aliphatic imine (C=N–C) groups is 1. The molecule has 1 rings (SSSR count). The number of carbonyl (C=O) groups is 2. The van der Waals surface area contributed by atoms with Crippen LogP contribution >= 0.6 is 0 Å². The van der Waals surface area contributed by atoms with Gasteiger partial charge in [0.25, 0.3) is 5.96 Å². The second-order valence-electron chi connectivity index (χ2n) is 5.29. The van der Waals surface area contributed by atoms with E-state index in [1.54, 1.807) is 5.43 Å². The van der Waals surface area contributed by atoms with Gasteiger partial charge in [0.15, 0.2) is 5.03 Å². The van der Waals surface area contributed by atoms with E-state index < -0.39 is 28.9 Å². The molecule has 12 heteroatoms. The summed E-state index contributed by atoms with van der Waals surface area (Å²) >= 11 is 0. The fourth-order valence-electron chi connectivity index (χ4n) is 2.36. The zero-order valence-corrected chi connectivity index (χ0v) is 12.6. The molecule has 1 fully saturated rings. The number of nitrogens with one attached hydrogen (secondary N) is 1. The zero-order valence-electron chi connectivity index (χ0n) is 12.6. The molecule has 9 N–H and O–H groups in total. The zero-order chi connectivity index (χ0) is 17.6. The van der Waals surface area contributed by atoms with Crippen molar-refractivity contribution in [3.63, 3.8) is 0 Å². The van der Waals surface area contributed by atoms with Crippen LogP contribution in [-0.2, 0) is 9.59 Å². The van der Waals surface area contributed by atoms with Crippen LogP contribution in [0.1, 0.15) is 19.3 Å². The van der Waals surface area contributed by atoms with E-state index >= 15 is 0 Å². The Kier molecular flexibility index (Phi) is 6.65. The molecule has 0 saturated carbocycles. The number of carbonyl (C=O) groups excluding carboxylic acids is 2. The Morgan fingerprint density at radius 3 is 2.65 bits per heavy atom. The molecular weight excluding hydrogens is 308 g/mol. The standard InChI is InChI=1S/C11H22N8O4/c12-6-4-8(9(14)20)18(5-6)10(21)7(13)2-1-3-16-11(15)17-19(22)23/h6-8H,1-5,12-13H2,(H2,14,20)(H3,15,16,17)/t6-,7+,8+/m0/s1. The summed E-state index contributed by atoms with van der Waals surface area (Å²) in [4.78, 5) is 38.7. The smallest absolute Gasteiger partial charge is 0.251 e. The summed E-state index contributed by atoms with van der Waals surface area (Å²) in [5, 5.41) is 9.29. The summed E-state index contributed by atoms with van der Waals surface area (Å²) in [5.41, 5.74) is 23.8. The number of primary amides is 1. The van der Waals surface area contributed by atoms with Crippen molar-refractivity contribution in [3.05, 3.63) is 10.1 Å². The third-order valence-electron chi connectivity index (χ3n) is 3.42. The van der Waals surface area contributed by atoms with Crippen molar-refractivity contribution in [2.45, 2.75) is 37.4 Å². The lowest BCUT2D eigenvalue weighted by molar-refractivity contribution is -0.525. The van der Waals surface area contributed by atoms with E-state index in [-0.39, 0.29) is 31.5 Å². The van der Waals surface area contributed by atoms with E-state index in [2.05, 4.69) is 4.99 Å². The van der Waals surface area contributed by atoms with Crippen LogP contribution in [0.2, 0.25) is 0 Å². The summed E-state index contributed by atoms with van der Waals surface area (Å²) in [6.07, 6.45) is 1.00. The molecule has 23 heavy (non-hydrogen) atoms. The van der Waals surface area contributed by atoms with Crippen LogP contribution < -0.4 is 28.4 Å². The normalized spacial score (nSPS) is 22.7. The Morgan fingerprint density at radius 1 is 1.43 bits per heavy atom. The first-order valence-electron chi connectivity index (χ1n) is 7.04. The fourth-order valence-corrected chi connectivity index (χ4v) is 2.36. The molecule has 3 atom stereocenters. The average Bonchev–Trinajstić information content (AvgIpc) is 2.84. The Morgan fingerprint density at radius 2 is 2.09 bits per heavy atom. The molecule has 1 heterocycles. The Labute approximate surface area is 132 Å². The van der Waals surface area contributed by atoms with Gasteiger partial charge in [-0.05, 0) is 19.3 Å². The number of amides is 2. The molecule has 0 radical (unpaired) electrons. The first kappa shape index (κ1) is 18.6. The Balaban J connectivity index is 2.45. The van der Waals surface area contributed by atoms with E-state index in [1.807, 2.05) is 0 Å². The SMILES string of the molecule is NC(=O)[C@H]1C[C@H](N)CN1C(=O)[C@H](N)CCCN=C(N)N[N+](=O)[O-]. The lowest BCUT2D eigenvalue weighted by atomic mass is 10.1. The van der Waals surface area contributed by atoms with Gasteiger partial charge < -0.3 is 27.8 Å². The van der Waals surface area contributed by atoms with Crippen LogP contribution in [0.25, 0.3) is 0 Å². The third-order valence-corrected chi connectivity index (χ3v) is 3.42. The highest BCUT2D eigenvalue weighted by molar-refractivity contribution is 5.89. The summed E-state index contributed by atoms with van der Waals surface area (Å²) in [6.45, 7) is 0.407. The van der Waals surface area contributed by atoms with Crippen molar-refractivity contribution in [1.29, 1.82) is 0 Å². The molecule has 1 saturated heterocycles. The molecule has 2 amide bonds. The minimum atomic E-state index is -0.831. The van der Waals surface area contributed by atoms with Gasteiger partial charge in [0.1, 0.15) is 6.04 Å². The number of rotatable bonds is 7. The maximum Gasteiger partial charge on any atom is 0.251 e. The van der Waals surface area contributed by atoms with Crippen molar-refractivity contribution >= 4 is 17.8 Å². The number of likely N-dealkylation sites (tertiary alicyclic amines) is 1. The monoisotopic (exact) mass is 330 g/mol. The van der Waals surface area contributed by atoms with E-state index in [0.29, 0.717) is 12.8 Å². The average molecular weight is 330 g/mol. The second kappa shape index (κ2) is 8.24. The number of hydrazine groups is 1. The van der Waals surface area contributed by atoms with Crippen molar-refractivity contribution in [2.75, 3.05) is 13.1 Å². The third kappa shape index (κ3) is 5.67. The predicted octanol–water partition coefficient (Wildman–Crippen LogP) is -3.40. The molecular formula is C11H22N8O4. The van der Waals surface area contributed by atoms with Gasteiger partial charge in [0.2, 0.25) is 11.8 Å². The van der Waals surface area contributed by atoms with Crippen molar-refractivity contribution in [3.8, 4) is 0 Å². The van der Waals surface area contributed by atoms with E-state index in [4.69, 9.17) is 22.9 Å². The first-order valence-corrected chi connectivity index (χ1v) is 7.04. The highest BCUT2D eigenvalue weighted by Gasteiger charge is 2.38. The molecule has 1 aliphatic heterocycles. The van der Waals surface area contributed by atoms with Crippen molar-refractivity contribution in [2.24, 2.45) is 27.9 Å². The largest absolute Gasteiger partial charge is 0.368 e. The number of guanidine groups is 1. The Hall–Kier alpha value is -2.47. The summed E-state index contributed by atoms with van der Waals surface area (Å²) < 4.78 is 0. The molecule has 0 bridgehead atoms. The summed E-state index contributed by atoms with van der Waals surface area (Å²) in [7, 11) is 0. The van der Waals surface area contributed by atoms with E-state index in [9.17, 15) is 19.7 Å². The minimum Gasteiger partial charge on any atom is -0.368 e. The summed E-state index contributed by atoms with van der Waals surface area (Å²) in [6, 6.07) is -1.87. The van der Waals surface area contributed by atoms with Crippen LogP contribution in [0.3, 0.4) is 0 Å². The maximum atomic E-state index is 12.3. The van der Waals surface area contributed by atoms with Crippen LogP contribution in [0, 0.1) is 10.1 Å². The van der Waals surface area contributed by atoms with Gasteiger partial charge in [-0.2, -0.15) is 0 Å². The number of hydrogen-bond donors (Lipinski definition) is 5. The van der Waals surface area contributed by atoms with Crippen molar-refractivity contribution in [1.82, 2.24) is 10.3 Å². The van der Waals surface area contributed by atoms with Crippen LogP contribution in [-0.4, -0.2) is 58.9 Å². The van der Waals surface area contributed by atoms with Gasteiger partial charge >= 0.3 is 0 Å². The van der Waals surface area contributed by atoms with Gasteiger partial charge in [-0.1, -0.05) is 5.43 Å². The molecule has 1 aliphatic rings. The van der Waals surface area contributed by atoms with Gasteiger partial charge in [-0.15, -0.1) is 0 Å². The molecule has 0 aromatic heterocycles. The van der Waals surface area contributed by atoms with Crippen LogP contribution in [0.4, 0.5) is 0 Å². The van der Waals surface area contributed by atoms with Crippen LogP contribution in [0.15, 0.2) is 4.99 Å². The van der Waals surface area contributed by atoms with Gasteiger partial charge in [-0.3, -0.25) is 9.59 Å². The Bertz CT molecular complexity index is 496. The summed E-state index contributed by atoms with van der Waals surface area (Å²) in [5.74, 6) is -1.34. The molecule has 0 aromatic rings. The minimum absolute atomic E-state index is 0.173. The molecule has 0 spiro atoms. The molecule has 0 unspecified atom stereocenters. The second-order valence-corrected chi connectivity index (χ2v) is 5.29. The quantitative estimate of drug-likeness (QED) is 0.104. The number of nitro groups is 1. The molecule has 0 aromatic carbocycles. The van der Waals surface area contributed by atoms with E-state index in [1.165, 1.54) is 4.90 Å². The van der Waals surface area contributed by atoms with Gasteiger partial charge in [-0.25, -0.2) is 15.1 Å². The van der Waals surface area contributed by atoms with Gasteiger partial charge in [0.05, 0.1) is 6.04 Å². The molecule has 0 aliphatic carbocycles. The number of nitrogens with zero attached hydrogens (tertiary/aromatic N) is 3. The highest BCUT2D eigenvalue weighted by Crippen LogP contribution is 2.18. The maximum absolute atomic E-state index is 12.3. The molecule has 12 nitrogen and oxygen atoms in total. The van der Waals surface area contributed by atoms with Gasteiger partial charge in [0, 0.05) is 19.1 Å². The first-order chi connectivity index (χ1) is 10.7. The molecule has 130 valence electrons. The van der Waals surface area contributed by atoms with E-state index in [0.717, 1.165) is 0 Å². The topological polar surface area (TPSA) is 209 Å².